The third kappa shape index (κ3) is 8.65. The molecule has 0 aliphatic rings. The zero-order valence-electron chi connectivity index (χ0n) is 24.4. The van der Waals surface area contributed by atoms with Crippen molar-refractivity contribution >= 4 is 50.9 Å². The van der Waals surface area contributed by atoms with Gasteiger partial charge >= 0.3 is 0 Å². The van der Waals surface area contributed by atoms with E-state index in [1.807, 2.05) is 13.2 Å². The first-order chi connectivity index (χ1) is 20.1. The van der Waals surface area contributed by atoms with Gasteiger partial charge in [0.1, 0.15) is 18.3 Å². The largest absolute Gasteiger partial charge is 0.492 e. The zero-order chi connectivity index (χ0) is 30.7. The first-order valence-electron chi connectivity index (χ1n) is 13.8. The Morgan fingerprint density at radius 1 is 1.02 bits per heavy atom. The van der Waals surface area contributed by atoms with E-state index >= 15 is 0 Å². The number of carbonyl (C=O) groups excluding carboxylic acids is 2. The summed E-state index contributed by atoms with van der Waals surface area (Å²) < 4.78 is 35.1. The molecule has 8 nitrogen and oxygen atoms in total. The third-order valence-electron chi connectivity index (χ3n) is 6.60. The van der Waals surface area contributed by atoms with Crippen LogP contribution in [-0.4, -0.2) is 57.1 Å². The Bertz CT molecular complexity index is 1450. The lowest BCUT2D eigenvalue weighted by atomic mass is 10.1. The SMILES string of the molecule is CCCCNC(=O)[C@H](C)N(Cc1cccc(Cl)c1)C(=O)CN(c1ccccc1OCC)S(=O)(=O)c1ccc(SC)cc1. The normalized spacial score (nSPS) is 11.9. The number of nitrogens with one attached hydrogen (secondary N) is 1. The van der Waals surface area contributed by atoms with Crippen molar-refractivity contribution in [3.05, 3.63) is 83.4 Å². The maximum Gasteiger partial charge on any atom is 0.264 e. The van der Waals surface area contributed by atoms with Gasteiger partial charge in [-0.3, -0.25) is 13.9 Å². The minimum absolute atomic E-state index is 0.0335. The number of para-hydroxylation sites is 2. The number of rotatable bonds is 15. The summed E-state index contributed by atoms with van der Waals surface area (Å²) >= 11 is 7.70. The summed E-state index contributed by atoms with van der Waals surface area (Å²) in [7, 11) is -4.22. The number of thioether (sulfide) groups is 1. The molecule has 0 spiro atoms. The molecule has 0 bridgehead atoms. The van der Waals surface area contributed by atoms with Crippen molar-refractivity contribution < 1.29 is 22.7 Å². The van der Waals surface area contributed by atoms with Crippen molar-refractivity contribution in [1.82, 2.24) is 10.2 Å². The maximum absolute atomic E-state index is 14.1. The van der Waals surface area contributed by atoms with E-state index in [1.165, 1.54) is 28.8 Å². The van der Waals surface area contributed by atoms with Crippen LogP contribution in [0.1, 0.15) is 39.2 Å². The summed E-state index contributed by atoms with van der Waals surface area (Å²) in [4.78, 5) is 29.5. The van der Waals surface area contributed by atoms with Gasteiger partial charge in [-0.05, 0) is 80.6 Å². The number of sulfonamides is 1. The predicted molar refractivity (Wildman–Crippen MR) is 170 cm³/mol. The molecule has 0 radical (unpaired) electrons. The summed E-state index contributed by atoms with van der Waals surface area (Å²) in [6.45, 7) is 5.75. The van der Waals surface area contributed by atoms with E-state index in [0.717, 1.165) is 22.0 Å². The Kier molecular flexibility index (Phi) is 12.6. The van der Waals surface area contributed by atoms with Gasteiger partial charge in [-0.25, -0.2) is 8.42 Å². The van der Waals surface area contributed by atoms with Crippen molar-refractivity contribution in [2.45, 2.75) is 56.0 Å². The Morgan fingerprint density at radius 3 is 2.38 bits per heavy atom. The molecule has 1 atom stereocenters. The van der Waals surface area contributed by atoms with Crippen LogP contribution in [0.4, 0.5) is 5.69 Å². The minimum atomic E-state index is -4.22. The van der Waals surface area contributed by atoms with Gasteiger partial charge in [0, 0.05) is 23.0 Å². The summed E-state index contributed by atoms with van der Waals surface area (Å²) in [5.41, 5.74) is 0.935. The number of ether oxygens (including phenoxy) is 1. The van der Waals surface area contributed by atoms with Crippen LogP contribution in [0.5, 0.6) is 5.75 Å². The quantitative estimate of drug-likeness (QED) is 0.164. The number of unbranched alkanes of at least 4 members (excludes halogenated alkanes) is 1. The molecule has 42 heavy (non-hydrogen) atoms. The van der Waals surface area contributed by atoms with E-state index < -0.39 is 28.5 Å². The lowest BCUT2D eigenvalue weighted by Gasteiger charge is -2.32. The molecule has 0 saturated heterocycles. The second-order valence-electron chi connectivity index (χ2n) is 9.56. The Labute approximate surface area is 258 Å². The fourth-order valence-electron chi connectivity index (χ4n) is 4.28. The van der Waals surface area contributed by atoms with Crippen LogP contribution in [0.25, 0.3) is 0 Å². The summed E-state index contributed by atoms with van der Waals surface area (Å²) in [6, 6.07) is 19.3. The fourth-order valence-corrected chi connectivity index (χ4v) is 6.33. The van der Waals surface area contributed by atoms with Crippen LogP contribution in [0.3, 0.4) is 0 Å². The fraction of sp³-hybridized carbons (Fsp3) is 0.355. The number of carbonyl (C=O) groups is 2. The highest BCUT2D eigenvalue weighted by atomic mass is 35.5. The molecule has 0 aliphatic carbocycles. The first kappa shape index (κ1) is 33.3. The van der Waals surface area contributed by atoms with Gasteiger partial charge in [0.15, 0.2) is 0 Å². The molecule has 2 amide bonds. The lowest BCUT2D eigenvalue weighted by molar-refractivity contribution is -0.139. The first-order valence-corrected chi connectivity index (χ1v) is 16.9. The Morgan fingerprint density at radius 2 is 1.74 bits per heavy atom. The molecule has 11 heteroatoms. The van der Waals surface area contributed by atoms with Crippen molar-refractivity contribution in [3.8, 4) is 5.75 Å². The molecule has 3 aromatic rings. The third-order valence-corrected chi connectivity index (χ3v) is 9.35. The molecule has 0 fully saturated rings. The minimum Gasteiger partial charge on any atom is -0.492 e. The molecule has 0 aromatic heterocycles. The summed E-state index contributed by atoms with van der Waals surface area (Å²) in [5, 5.41) is 3.37. The van der Waals surface area contributed by atoms with Gasteiger partial charge in [0.05, 0.1) is 17.2 Å². The van der Waals surface area contributed by atoms with E-state index in [9.17, 15) is 18.0 Å². The van der Waals surface area contributed by atoms with Crippen LogP contribution in [0.15, 0.2) is 82.6 Å². The van der Waals surface area contributed by atoms with Gasteiger partial charge in [-0.2, -0.15) is 0 Å². The van der Waals surface area contributed by atoms with E-state index in [4.69, 9.17) is 16.3 Å². The van der Waals surface area contributed by atoms with E-state index in [0.29, 0.717) is 29.5 Å². The van der Waals surface area contributed by atoms with Crippen LogP contribution < -0.4 is 14.4 Å². The van der Waals surface area contributed by atoms with Crippen LogP contribution in [-0.2, 0) is 26.2 Å². The van der Waals surface area contributed by atoms with Gasteiger partial charge < -0.3 is 15.0 Å². The number of anilines is 1. The van der Waals surface area contributed by atoms with Crippen LogP contribution >= 0.6 is 23.4 Å². The van der Waals surface area contributed by atoms with Crippen molar-refractivity contribution in [2.75, 3.05) is 30.3 Å². The van der Waals surface area contributed by atoms with Gasteiger partial charge in [0.2, 0.25) is 11.8 Å². The molecule has 3 aromatic carbocycles. The molecule has 1 N–H and O–H groups in total. The van der Waals surface area contributed by atoms with Crippen molar-refractivity contribution in [2.24, 2.45) is 0 Å². The van der Waals surface area contributed by atoms with Crippen LogP contribution in [0.2, 0.25) is 5.02 Å². The van der Waals surface area contributed by atoms with E-state index in [1.54, 1.807) is 74.5 Å². The highest BCUT2D eigenvalue weighted by molar-refractivity contribution is 7.98. The Hall–Kier alpha value is -3.21. The molecule has 0 aliphatic heterocycles. The van der Waals surface area contributed by atoms with Gasteiger partial charge in [-0.1, -0.05) is 49.2 Å². The highest BCUT2D eigenvalue weighted by Gasteiger charge is 2.33. The number of benzene rings is 3. The molecule has 0 unspecified atom stereocenters. The highest BCUT2D eigenvalue weighted by Crippen LogP contribution is 2.33. The maximum atomic E-state index is 14.1. The smallest absolute Gasteiger partial charge is 0.264 e. The Balaban J connectivity index is 2.06. The zero-order valence-corrected chi connectivity index (χ0v) is 26.8. The second kappa shape index (κ2) is 15.9. The average molecular weight is 632 g/mol. The molecule has 0 heterocycles. The van der Waals surface area contributed by atoms with E-state index in [-0.39, 0.29) is 23.0 Å². The standard InChI is InChI=1S/C31H38ClN3O5S2/c1-5-7-19-33-31(37)23(3)34(21-24-11-10-12-25(32)20-24)30(36)22-35(28-13-8-9-14-29(28)40-6-2)42(38,39)27-17-15-26(41-4)16-18-27/h8-18,20,23H,5-7,19,21-22H2,1-4H3,(H,33,37)/t23-/m0/s1. The molecule has 226 valence electrons. The second-order valence-corrected chi connectivity index (χ2v) is 12.7. The van der Waals surface area contributed by atoms with E-state index in [2.05, 4.69) is 5.32 Å². The van der Waals surface area contributed by atoms with Crippen molar-refractivity contribution in [3.63, 3.8) is 0 Å². The van der Waals surface area contributed by atoms with Crippen LogP contribution in [0, 0.1) is 0 Å². The predicted octanol–water partition coefficient (Wildman–Crippen LogP) is 5.99. The monoisotopic (exact) mass is 631 g/mol. The number of hydrogen-bond acceptors (Lipinski definition) is 6. The lowest BCUT2D eigenvalue weighted by Crippen LogP contribution is -2.51. The number of amides is 2. The molecule has 3 rings (SSSR count). The van der Waals surface area contributed by atoms with Gasteiger partial charge in [0.25, 0.3) is 10.0 Å². The number of halogens is 1. The number of nitrogens with zero attached hydrogens (tertiary/aromatic N) is 2. The molecular weight excluding hydrogens is 594 g/mol. The summed E-state index contributed by atoms with van der Waals surface area (Å²) in [5.74, 6) is -0.553. The van der Waals surface area contributed by atoms with Gasteiger partial charge in [-0.15, -0.1) is 11.8 Å². The number of hydrogen-bond donors (Lipinski definition) is 1. The topological polar surface area (TPSA) is 96.0 Å². The average Bonchev–Trinajstić information content (AvgIpc) is 2.99. The molecule has 0 saturated carbocycles. The summed E-state index contributed by atoms with van der Waals surface area (Å²) in [6.07, 6.45) is 3.61. The molecular formula is C31H38ClN3O5S2. The van der Waals surface area contributed by atoms with Crippen molar-refractivity contribution in [1.29, 1.82) is 0 Å².